The number of nitrogens with zero attached hydrogens (tertiary/aromatic N) is 2. The van der Waals surface area contributed by atoms with Crippen LogP contribution in [-0.4, -0.2) is 15.7 Å². The minimum Gasteiger partial charge on any atom is -0.347 e. The Morgan fingerprint density at radius 1 is 0.919 bits per heavy atom. The number of benzene rings is 3. The summed E-state index contributed by atoms with van der Waals surface area (Å²) in [5.74, 6) is -0.255. The number of amides is 1. The number of rotatable bonds is 6. The minimum atomic E-state index is -4.43. The van der Waals surface area contributed by atoms with Gasteiger partial charge in [0.05, 0.1) is 17.8 Å². The van der Waals surface area contributed by atoms with E-state index < -0.39 is 11.7 Å². The summed E-state index contributed by atoms with van der Waals surface area (Å²) in [5.41, 5.74) is 4.28. The highest BCUT2D eigenvalue weighted by Crippen LogP contribution is 2.37. The molecule has 1 amide bonds. The van der Waals surface area contributed by atoms with Crippen LogP contribution in [0.2, 0.25) is 0 Å². The molecule has 4 nitrogen and oxygen atoms in total. The standard InChI is InChI=1S/C30H28F3N3O/c31-30(32,33)24-15-9-12-22(18-24)19-34-29(37)27-26-17-8-7-16-25(23-13-5-2-6-14-23)28(26)36(35-27)20-21-10-3-1-4-11-21/h1-6,9-15,18,25H,7-8,16-17,19-20H2,(H,34,37). The lowest BCUT2D eigenvalue weighted by molar-refractivity contribution is -0.137. The van der Waals surface area contributed by atoms with Crippen molar-refractivity contribution in [1.82, 2.24) is 15.1 Å². The second-order valence-electron chi connectivity index (χ2n) is 9.45. The zero-order chi connectivity index (χ0) is 25.8. The Morgan fingerprint density at radius 2 is 1.62 bits per heavy atom. The number of hydrogen-bond donors (Lipinski definition) is 1. The summed E-state index contributed by atoms with van der Waals surface area (Å²) in [4.78, 5) is 13.4. The number of fused-ring (bicyclic) bond motifs is 1. The van der Waals surface area contributed by atoms with E-state index in [-0.39, 0.29) is 18.4 Å². The van der Waals surface area contributed by atoms with E-state index >= 15 is 0 Å². The highest BCUT2D eigenvalue weighted by molar-refractivity contribution is 5.94. The van der Waals surface area contributed by atoms with Crippen LogP contribution >= 0.6 is 0 Å². The monoisotopic (exact) mass is 503 g/mol. The molecule has 190 valence electrons. The fourth-order valence-electron chi connectivity index (χ4n) is 5.13. The van der Waals surface area contributed by atoms with E-state index in [9.17, 15) is 18.0 Å². The normalized spacial score (nSPS) is 15.6. The Labute approximate surface area is 214 Å². The molecule has 0 saturated carbocycles. The Balaban J connectivity index is 1.49. The number of nitrogens with one attached hydrogen (secondary N) is 1. The Hall–Kier alpha value is -3.87. The van der Waals surface area contributed by atoms with E-state index in [1.807, 2.05) is 53.2 Å². The van der Waals surface area contributed by atoms with Crippen molar-refractivity contribution in [2.24, 2.45) is 0 Å². The third-order valence-corrected chi connectivity index (χ3v) is 6.89. The van der Waals surface area contributed by atoms with Crippen LogP contribution in [0.4, 0.5) is 13.2 Å². The first-order valence-electron chi connectivity index (χ1n) is 12.5. The van der Waals surface area contributed by atoms with Gasteiger partial charge >= 0.3 is 6.18 Å². The van der Waals surface area contributed by atoms with E-state index in [4.69, 9.17) is 5.10 Å². The summed E-state index contributed by atoms with van der Waals surface area (Å²) in [5, 5.41) is 7.61. The fraction of sp³-hybridized carbons (Fsp3) is 0.267. The summed E-state index contributed by atoms with van der Waals surface area (Å²) >= 11 is 0. The van der Waals surface area contributed by atoms with Crippen LogP contribution < -0.4 is 5.32 Å². The van der Waals surface area contributed by atoms with Gasteiger partial charge in [-0.3, -0.25) is 9.48 Å². The van der Waals surface area contributed by atoms with Gasteiger partial charge in [-0.05, 0) is 48.1 Å². The van der Waals surface area contributed by atoms with Crippen molar-refractivity contribution in [3.63, 3.8) is 0 Å². The number of carbonyl (C=O) groups is 1. The number of carbonyl (C=O) groups excluding carboxylic acids is 1. The van der Waals surface area contributed by atoms with Crippen molar-refractivity contribution in [2.45, 2.75) is 50.9 Å². The average molecular weight is 504 g/mol. The summed E-state index contributed by atoms with van der Waals surface area (Å²) in [6, 6.07) is 25.3. The van der Waals surface area contributed by atoms with Crippen LogP contribution in [0.3, 0.4) is 0 Å². The summed E-state index contributed by atoms with van der Waals surface area (Å²) in [6.07, 6.45) is -0.755. The summed E-state index contributed by atoms with van der Waals surface area (Å²) in [6.45, 7) is 0.526. The molecule has 0 bridgehead atoms. The molecule has 3 aromatic carbocycles. The van der Waals surface area contributed by atoms with Crippen LogP contribution in [0.1, 0.15) is 69.2 Å². The Kier molecular flexibility index (Phi) is 7.12. The zero-order valence-corrected chi connectivity index (χ0v) is 20.3. The highest BCUT2D eigenvalue weighted by atomic mass is 19.4. The quantitative estimate of drug-likeness (QED) is 0.296. The first-order valence-corrected chi connectivity index (χ1v) is 12.5. The molecule has 0 radical (unpaired) electrons. The van der Waals surface area contributed by atoms with Gasteiger partial charge in [0, 0.05) is 18.0 Å². The second kappa shape index (κ2) is 10.6. The molecule has 1 N–H and O–H groups in total. The first-order chi connectivity index (χ1) is 17.9. The maximum absolute atomic E-state index is 13.4. The third-order valence-electron chi connectivity index (χ3n) is 6.89. The van der Waals surface area contributed by atoms with Crippen LogP contribution in [0, 0.1) is 0 Å². The zero-order valence-electron chi connectivity index (χ0n) is 20.3. The van der Waals surface area contributed by atoms with Crippen LogP contribution in [0.5, 0.6) is 0 Å². The molecule has 1 heterocycles. The Morgan fingerprint density at radius 3 is 2.35 bits per heavy atom. The van der Waals surface area contributed by atoms with E-state index in [1.54, 1.807) is 6.07 Å². The van der Waals surface area contributed by atoms with Gasteiger partial charge in [0.25, 0.3) is 5.91 Å². The molecule has 0 spiro atoms. The van der Waals surface area contributed by atoms with Crippen LogP contribution in [0.15, 0.2) is 84.9 Å². The van der Waals surface area contributed by atoms with E-state index in [0.29, 0.717) is 17.8 Å². The molecule has 37 heavy (non-hydrogen) atoms. The summed E-state index contributed by atoms with van der Waals surface area (Å²) < 4.78 is 41.3. The van der Waals surface area contributed by atoms with Crippen LogP contribution in [0.25, 0.3) is 0 Å². The molecule has 0 aliphatic heterocycles. The van der Waals surface area contributed by atoms with Crippen molar-refractivity contribution in [1.29, 1.82) is 0 Å². The van der Waals surface area contributed by atoms with Gasteiger partial charge in [0.1, 0.15) is 0 Å². The molecule has 5 rings (SSSR count). The molecular weight excluding hydrogens is 475 g/mol. The topological polar surface area (TPSA) is 46.9 Å². The average Bonchev–Trinajstić information content (AvgIpc) is 3.10. The largest absolute Gasteiger partial charge is 0.416 e. The van der Waals surface area contributed by atoms with Crippen molar-refractivity contribution in [3.05, 3.63) is 124 Å². The third kappa shape index (κ3) is 5.61. The van der Waals surface area contributed by atoms with Crippen molar-refractivity contribution < 1.29 is 18.0 Å². The lowest BCUT2D eigenvalue weighted by Gasteiger charge is -2.19. The van der Waals surface area contributed by atoms with Crippen molar-refractivity contribution in [3.8, 4) is 0 Å². The van der Waals surface area contributed by atoms with Gasteiger partial charge < -0.3 is 5.32 Å². The first kappa shape index (κ1) is 24.8. The van der Waals surface area contributed by atoms with E-state index in [0.717, 1.165) is 54.6 Å². The second-order valence-corrected chi connectivity index (χ2v) is 9.45. The molecule has 1 atom stereocenters. The van der Waals surface area contributed by atoms with E-state index in [2.05, 4.69) is 17.4 Å². The predicted octanol–water partition coefficient (Wildman–Crippen LogP) is 6.74. The van der Waals surface area contributed by atoms with Gasteiger partial charge in [-0.1, -0.05) is 79.2 Å². The lowest BCUT2D eigenvalue weighted by atomic mass is 9.90. The van der Waals surface area contributed by atoms with Gasteiger partial charge in [-0.2, -0.15) is 18.3 Å². The molecule has 0 fully saturated rings. The summed E-state index contributed by atoms with van der Waals surface area (Å²) in [7, 11) is 0. The molecular formula is C30H28F3N3O. The number of aromatic nitrogens is 2. The number of halogens is 3. The highest BCUT2D eigenvalue weighted by Gasteiger charge is 2.32. The maximum Gasteiger partial charge on any atom is 0.416 e. The van der Waals surface area contributed by atoms with Crippen molar-refractivity contribution in [2.75, 3.05) is 0 Å². The predicted molar refractivity (Wildman–Crippen MR) is 136 cm³/mol. The smallest absolute Gasteiger partial charge is 0.347 e. The van der Waals surface area contributed by atoms with Crippen molar-refractivity contribution >= 4 is 5.91 Å². The molecule has 4 aromatic rings. The van der Waals surface area contributed by atoms with Gasteiger partial charge in [-0.25, -0.2) is 0 Å². The maximum atomic E-state index is 13.4. The van der Waals surface area contributed by atoms with E-state index in [1.165, 1.54) is 11.6 Å². The number of alkyl halides is 3. The Bertz CT molecular complexity index is 1360. The van der Waals surface area contributed by atoms with Gasteiger partial charge in [0.2, 0.25) is 0 Å². The fourth-order valence-corrected chi connectivity index (χ4v) is 5.13. The molecule has 1 aromatic heterocycles. The lowest BCUT2D eigenvalue weighted by Crippen LogP contribution is -2.24. The van der Waals surface area contributed by atoms with Crippen LogP contribution in [-0.2, 0) is 25.7 Å². The van der Waals surface area contributed by atoms with Gasteiger partial charge in [-0.15, -0.1) is 0 Å². The molecule has 1 aliphatic carbocycles. The molecule has 1 aliphatic rings. The minimum absolute atomic E-state index is 0.00874. The van der Waals surface area contributed by atoms with Gasteiger partial charge in [0.15, 0.2) is 5.69 Å². The molecule has 1 unspecified atom stereocenters. The SMILES string of the molecule is O=C(NCc1cccc(C(F)(F)F)c1)c1nn(Cc2ccccc2)c2c1CCCCC2c1ccccc1. The number of hydrogen-bond acceptors (Lipinski definition) is 2. The molecule has 0 saturated heterocycles. The molecule has 7 heteroatoms.